The van der Waals surface area contributed by atoms with Crippen molar-refractivity contribution < 1.29 is 31.9 Å². The maximum Gasteiger partial charge on any atom is 0.404 e. The van der Waals surface area contributed by atoms with Crippen molar-refractivity contribution in [3.05, 3.63) is 23.8 Å². The summed E-state index contributed by atoms with van der Waals surface area (Å²) in [5, 5.41) is 0. The molecule has 0 aliphatic carbocycles. The first-order valence-corrected chi connectivity index (χ1v) is 7.66. The lowest BCUT2D eigenvalue weighted by Crippen LogP contribution is -2.18. The van der Waals surface area contributed by atoms with Gasteiger partial charge in [0.05, 0.1) is 13.2 Å². The van der Waals surface area contributed by atoms with Gasteiger partial charge in [0.2, 0.25) is 6.79 Å². The molecule has 20 heavy (non-hydrogen) atoms. The fourth-order valence-electron chi connectivity index (χ4n) is 1.78. The number of benzene rings is 1. The number of fused-ring (bicyclic) bond motifs is 1. The second kappa shape index (κ2) is 5.68. The normalized spacial score (nSPS) is 14.6. The van der Waals surface area contributed by atoms with Gasteiger partial charge in [-0.1, -0.05) is 0 Å². The molecule has 1 aliphatic rings. The Hall–Kier alpha value is -1.17. The lowest BCUT2D eigenvalue weighted by molar-refractivity contribution is 0.0359. The standard InChI is InChI=1S/C12H15F2O5P/c1-3-18-20(15,19-4-2)12(13,14)9-5-6-10-11(7-9)17-8-16-10/h5-7H,3-4,8H2,1-2H3. The molecule has 2 rings (SSSR count). The van der Waals surface area contributed by atoms with Crippen LogP contribution in [0, 0.1) is 0 Å². The van der Waals surface area contributed by atoms with E-state index in [-0.39, 0.29) is 25.8 Å². The highest BCUT2D eigenvalue weighted by molar-refractivity contribution is 7.54. The van der Waals surface area contributed by atoms with Crippen LogP contribution in [0.3, 0.4) is 0 Å². The lowest BCUT2D eigenvalue weighted by Gasteiger charge is -2.26. The van der Waals surface area contributed by atoms with Crippen molar-refractivity contribution in [2.24, 2.45) is 0 Å². The van der Waals surface area contributed by atoms with Gasteiger partial charge in [-0.15, -0.1) is 0 Å². The Kier molecular flexibility index (Phi) is 4.32. The van der Waals surface area contributed by atoms with Crippen LogP contribution < -0.4 is 9.47 Å². The van der Waals surface area contributed by atoms with E-state index in [1.165, 1.54) is 19.9 Å². The number of halogens is 2. The number of rotatable bonds is 6. The van der Waals surface area contributed by atoms with Crippen LogP contribution in [-0.2, 0) is 19.3 Å². The summed E-state index contributed by atoms with van der Waals surface area (Å²) in [7, 11) is -4.60. The highest BCUT2D eigenvalue weighted by Gasteiger charge is 2.55. The van der Waals surface area contributed by atoms with Gasteiger partial charge >= 0.3 is 13.3 Å². The third kappa shape index (κ3) is 2.53. The van der Waals surface area contributed by atoms with Crippen LogP contribution in [0.15, 0.2) is 18.2 Å². The van der Waals surface area contributed by atoms with Crippen LogP contribution in [-0.4, -0.2) is 20.0 Å². The van der Waals surface area contributed by atoms with Gasteiger partial charge in [-0.05, 0) is 32.0 Å². The summed E-state index contributed by atoms with van der Waals surface area (Å²) in [6.45, 7) is 2.64. The summed E-state index contributed by atoms with van der Waals surface area (Å²) >= 11 is 0. The van der Waals surface area contributed by atoms with Crippen LogP contribution in [0.5, 0.6) is 11.5 Å². The van der Waals surface area contributed by atoms with Crippen LogP contribution in [0.1, 0.15) is 19.4 Å². The van der Waals surface area contributed by atoms with E-state index in [1.807, 2.05) is 0 Å². The first kappa shape index (κ1) is 15.2. The van der Waals surface area contributed by atoms with Gasteiger partial charge in [-0.2, -0.15) is 8.78 Å². The molecule has 0 radical (unpaired) electrons. The van der Waals surface area contributed by atoms with E-state index in [0.29, 0.717) is 5.75 Å². The van der Waals surface area contributed by atoms with Crippen LogP contribution >= 0.6 is 7.60 Å². The van der Waals surface area contributed by atoms with Crippen molar-refractivity contribution in [2.45, 2.75) is 19.5 Å². The van der Waals surface area contributed by atoms with Gasteiger partial charge < -0.3 is 18.5 Å². The van der Waals surface area contributed by atoms with E-state index in [1.54, 1.807) is 0 Å². The topological polar surface area (TPSA) is 54.0 Å². The van der Waals surface area contributed by atoms with Crippen molar-refractivity contribution in [3.8, 4) is 11.5 Å². The number of alkyl halides is 2. The van der Waals surface area contributed by atoms with Crippen molar-refractivity contribution >= 4 is 7.60 Å². The molecule has 1 aromatic rings. The summed E-state index contributed by atoms with van der Waals surface area (Å²) in [5.41, 5.74) is -4.26. The van der Waals surface area contributed by atoms with Gasteiger partial charge in [0.1, 0.15) is 0 Å². The number of hydrogen-bond donors (Lipinski definition) is 0. The maximum absolute atomic E-state index is 14.4. The monoisotopic (exact) mass is 308 g/mol. The largest absolute Gasteiger partial charge is 0.454 e. The van der Waals surface area contributed by atoms with Gasteiger partial charge in [-0.25, -0.2) is 0 Å². The van der Waals surface area contributed by atoms with Crippen molar-refractivity contribution in [2.75, 3.05) is 20.0 Å². The first-order chi connectivity index (χ1) is 9.44. The Labute approximate surface area is 115 Å². The van der Waals surface area contributed by atoms with Gasteiger partial charge in [0.15, 0.2) is 11.5 Å². The van der Waals surface area contributed by atoms with Gasteiger partial charge in [0, 0.05) is 5.56 Å². The first-order valence-electron chi connectivity index (χ1n) is 6.11. The molecule has 112 valence electrons. The third-order valence-electron chi connectivity index (χ3n) is 2.66. The van der Waals surface area contributed by atoms with Crippen LogP contribution in [0.25, 0.3) is 0 Å². The lowest BCUT2D eigenvalue weighted by atomic mass is 10.2. The van der Waals surface area contributed by atoms with E-state index < -0.39 is 18.8 Å². The Morgan fingerprint density at radius 3 is 2.40 bits per heavy atom. The molecule has 0 amide bonds. The smallest absolute Gasteiger partial charge is 0.404 e. The molecule has 0 atom stereocenters. The van der Waals surface area contributed by atoms with Crippen molar-refractivity contribution in [3.63, 3.8) is 0 Å². The van der Waals surface area contributed by atoms with Crippen LogP contribution in [0.4, 0.5) is 8.78 Å². The fraction of sp³-hybridized carbons (Fsp3) is 0.500. The molecule has 8 heteroatoms. The second-order valence-corrected chi connectivity index (χ2v) is 6.02. The highest BCUT2D eigenvalue weighted by Crippen LogP contribution is 2.67. The Balaban J connectivity index is 2.39. The van der Waals surface area contributed by atoms with E-state index in [4.69, 9.17) is 18.5 Å². The third-order valence-corrected chi connectivity index (χ3v) is 4.80. The Morgan fingerprint density at radius 2 is 1.80 bits per heavy atom. The molecule has 1 heterocycles. The van der Waals surface area contributed by atoms with Crippen molar-refractivity contribution in [1.29, 1.82) is 0 Å². The van der Waals surface area contributed by atoms with Gasteiger partial charge in [-0.3, -0.25) is 4.57 Å². The zero-order valence-corrected chi connectivity index (χ0v) is 12.0. The molecular weight excluding hydrogens is 293 g/mol. The molecule has 0 N–H and O–H groups in total. The predicted octanol–water partition coefficient (Wildman–Crippen LogP) is 3.73. The van der Waals surface area contributed by atoms with Gasteiger partial charge in [0.25, 0.3) is 0 Å². The number of hydrogen-bond acceptors (Lipinski definition) is 5. The van der Waals surface area contributed by atoms with E-state index in [2.05, 4.69) is 0 Å². The predicted molar refractivity (Wildman–Crippen MR) is 67.3 cm³/mol. The van der Waals surface area contributed by atoms with E-state index in [9.17, 15) is 13.3 Å². The average molecular weight is 308 g/mol. The molecule has 0 fully saturated rings. The molecule has 0 saturated heterocycles. The fourth-order valence-corrected chi connectivity index (χ4v) is 3.32. The van der Waals surface area contributed by atoms with E-state index >= 15 is 0 Å². The summed E-state index contributed by atoms with van der Waals surface area (Å²) in [5.74, 6) is 0.550. The van der Waals surface area contributed by atoms with Crippen LogP contribution in [0.2, 0.25) is 0 Å². The maximum atomic E-state index is 14.4. The summed E-state index contributed by atoms with van der Waals surface area (Å²) in [6.07, 6.45) is 0. The summed E-state index contributed by atoms with van der Waals surface area (Å²) < 4.78 is 60.7. The Morgan fingerprint density at radius 1 is 1.20 bits per heavy atom. The van der Waals surface area contributed by atoms with Crippen molar-refractivity contribution in [1.82, 2.24) is 0 Å². The SMILES string of the molecule is CCOP(=O)(OCC)C(F)(F)c1ccc2c(c1)OCO2. The molecule has 0 spiro atoms. The Bertz CT molecular complexity index is 525. The zero-order chi connectivity index (χ0) is 14.8. The minimum absolute atomic E-state index is 0.0288. The highest BCUT2D eigenvalue weighted by atomic mass is 31.2. The van der Waals surface area contributed by atoms with E-state index in [0.717, 1.165) is 12.1 Å². The molecule has 0 unspecified atom stereocenters. The minimum atomic E-state index is -4.60. The second-order valence-electron chi connectivity index (χ2n) is 3.94. The molecule has 5 nitrogen and oxygen atoms in total. The molecule has 0 saturated carbocycles. The zero-order valence-electron chi connectivity index (χ0n) is 11.1. The summed E-state index contributed by atoms with van der Waals surface area (Å²) in [4.78, 5) is 0. The summed E-state index contributed by atoms with van der Waals surface area (Å²) in [6, 6.07) is 3.55. The molecule has 0 aromatic heterocycles. The molecule has 1 aromatic carbocycles. The average Bonchev–Trinajstić information content (AvgIpc) is 2.86. The number of ether oxygens (including phenoxy) is 2. The molecular formula is C12H15F2O5P. The molecule has 1 aliphatic heterocycles. The quantitative estimate of drug-likeness (QED) is 0.749. The molecule has 0 bridgehead atoms. The minimum Gasteiger partial charge on any atom is -0.454 e.